The first-order valence-electron chi connectivity index (χ1n) is 4.89. The number of rotatable bonds is 4. The van der Waals surface area contributed by atoms with E-state index in [-0.39, 0.29) is 18.2 Å². The van der Waals surface area contributed by atoms with Crippen LogP contribution in [0.25, 0.3) is 0 Å². The van der Waals surface area contributed by atoms with E-state index in [1.54, 1.807) is 19.0 Å². The van der Waals surface area contributed by atoms with Gasteiger partial charge in [-0.3, -0.25) is 9.69 Å². The predicted octanol–water partition coefficient (Wildman–Crippen LogP) is 0.709. The van der Waals surface area contributed by atoms with Crippen LogP contribution in [-0.2, 0) is 11.3 Å². The lowest BCUT2D eigenvalue weighted by Crippen LogP contribution is -2.32. The molecule has 0 heterocycles. The van der Waals surface area contributed by atoms with Gasteiger partial charge in [-0.25, -0.2) is 4.39 Å². The number of phenols is 1. The number of phenolic OH excluding ortho intramolecular Hbond substituents is 1. The second-order valence-corrected chi connectivity index (χ2v) is 3.62. The van der Waals surface area contributed by atoms with Gasteiger partial charge in [0.15, 0.2) is 0 Å². The molecule has 0 saturated carbocycles. The highest BCUT2D eigenvalue weighted by Gasteiger charge is 2.09. The highest BCUT2D eigenvalue weighted by atomic mass is 19.1. The van der Waals surface area contributed by atoms with Gasteiger partial charge in [-0.2, -0.15) is 0 Å². The van der Waals surface area contributed by atoms with Crippen LogP contribution < -0.4 is 5.32 Å². The highest BCUT2D eigenvalue weighted by Crippen LogP contribution is 2.18. The fraction of sp³-hybridized carbons (Fsp3) is 0.364. The number of nitrogens with one attached hydrogen (secondary N) is 1. The van der Waals surface area contributed by atoms with Crippen LogP contribution in [0.2, 0.25) is 0 Å². The van der Waals surface area contributed by atoms with E-state index in [1.807, 2.05) is 0 Å². The van der Waals surface area contributed by atoms with Gasteiger partial charge >= 0.3 is 0 Å². The smallest absolute Gasteiger partial charge is 0.233 e. The Morgan fingerprint density at radius 1 is 1.56 bits per heavy atom. The number of benzene rings is 1. The van der Waals surface area contributed by atoms with Crippen molar-refractivity contribution in [1.82, 2.24) is 10.2 Å². The molecule has 0 spiro atoms. The SMILES string of the molecule is CNC(=O)CN(C)Cc1cc(F)ccc1O. The maximum Gasteiger partial charge on any atom is 0.233 e. The lowest BCUT2D eigenvalue weighted by atomic mass is 10.2. The van der Waals surface area contributed by atoms with Gasteiger partial charge in [-0.1, -0.05) is 0 Å². The summed E-state index contributed by atoms with van der Waals surface area (Å²) in [7, 11) is 3.27. The quantitative estimate of drug-likeness (QED) is 0.795. The van der Waals surface area contributed by atoms with Crippen LogP contribution in [0.15, 0.2) is 18.2 Å². The van der Waals surface area contributed by atoms with Crippen molar-refractivity contribution in [2.45, 2.75) is 6.54 Å². The number of nitrogens with zero attached hydrogens (tertiary/aromatic N) is 1. The molecule has 0 radical (unpaired) electrons. The van der Waals surface area contributed by atoms with Crippen LogP contribution in [0, 0.1) is 5.82 Å². The summed E-state index contributed by atoms with van der Waals surface area (Å²) in [5, 5.41) is 12.0. The third kappa shape index (κ3) is 3.51. The summed E-state index contributed by atoms with van der Waals surface area (Å²) in [5.74, 6) is -0.496. The molecule has 0 bridgehead atoms. The third-order valence-electron chi connectivity index (χ3n) is 2.17. The van der Waals surface area contributed by atoms with Crippen LogP contribution in [0.5, 0.6) is 5.75 Å². The van der Waals surface area contributed by atoms with E-state index < -0.39 is 5.82 Å². The Hall–Kier alpha value is -1.62. The molecule has 1 rings (SSSR count). The van der Waals surface area contributed by atoms with Crippen LogP contribution in [-0.4, -0.2) is 36.6 Å². The van der Waals surface area contributed by atoms with E-state index in [1.165, 1.54) is 18.2 Å². The Morgan fingerprint density at radius 2 is 2.25 bits per heavy atom. The lowest BCUT2D eigenvalue weighted by molar-refractivity contribution is -0.121. The first-order chi connectivity index (χ1) is 7.52. The molecule has 0 aromatic heterocycles. The number of hydrogen-bond donors (Lipinski definition) is 2. The standard InChI is InChI=1S/C11H15FN2O2/c1-13-11(16)7-14(2)6-8-5-9(12)3-4-10(8)15/h3-5,15H,6-7H2,1-2H3,(H,13,16). The number of halogens is 1. The van der Waals surface area contributed by atoms with Crippen molar-refractivity contribution in [2.75, 3.05) is 20.6 Å². The van der Waals surface area contributed by atoms with Gasteiger partial charge in [-0.15, -0.1) is 0 Å². The molecule has 0 aliphatic carbocycles. The monoisotopic (exact) mass is 226 g/mol. The molecule has 0 atom stereocenters. The zero-order valence-electron chi connectivity index (χ0n) is 9.33. The summed E-state index contributed by atoms with van der Waals surface area (Å²) in [6.45, 7) is 0.517. The number of carbonyl (C=O) groups excluding carboxylic acids is 1. The molecule has 0 saturated heterocycles. The maximum atomic E-state index is 12.9. The topological polar surface area (TPSA) is 52.6 Å². The molecule has 5 heteroatoms. The molecule has 1 aromatic carbocycles. The first-order valence-corrected chi connectivity index (χ1v) is 4.89. The second-order valence-electron chi connectivity index (χ2n) is 3.62. The zero-order valence-corrected chi connectivity index (χ0v) is 9.33. The van der Waals surface area contributed by atoms with Gasteiger partial charge in [0.05, 0.1) is 6.54 Å². The van der Waals surface area contributed by atoms with E-state index in [9.17, 15) is 14.3 Å². The number of carbonyl (C=O) groups is 1. The van der Waals surface area contributed by atoms with Crippen LogP contribution in [0.1, 0.15) is 5.56 Å². The van der Waals surface area contributed by atoms with Gasteiger partial charge in [0.1, 0.15) is 11.6 Å². The number of hydrogen-bond acceptors (Lipinski definition) is 3. The maximum absolute atomic E-state index is 12.9. The molecule has 0 fully saturated rings. The largest absolute Gasteiger partial charge is 0.508 e. The highest BCUT2D eigenvalue weighted by molar-refractivity contribution is 5.77. The van der Waals surface area contributed by atoms with Crippen molar-refractivity contribution in [3.63, 3.8) is 0 Å². The van der Waals surface area contributed by atoms with Gasteiger partial charge in [-0.05, 0) is 25.2 Å². The summed E-state index contributed by atoms with van der Waals surface area (Å²) in [6.07, 6.45) is 0. The molecule has 1 amide bonds. The van der Waals surface area contributed by atoms with Crippen molar-refractivity contribution in [3.8, 4) is 5.75 Å². The molecule has 4 nitrogen and oxygen atoms in total. The summed E-state index contributed by atoms with van der Waals surface area (Å²) in [5.41, 5.74) is 0.464. The van der Waals surface area contributed by atoms with Gasteiger partial charge in [0, 0.05) is 19.2 Å². The summed E-state index contributed by atoms with van der Waals surface area (Å²) >= 11 is 0. The third-order valence-corrected chi connectivity index (χ3v) is 2.17. The van der Waals surface area contributed by atoms with Crippen molar-refractivity contribution in [3.05, 3.63) is 29.6 Å². The summed E-state index contributed by atoms with van der Waals surface area (Å²) in [4.78, 5) is 12.8. The predicted molar refractivity (Wildman–Crippen MR) is 58.5 cm³/mol. The normalized spacial score (nSPS) is 10.5. The van der Waals surface area contributed by atoms with Crippen LogP contribution in [0.3, 0.4) is 0 Å². The molecule has 0 unspecified atom stereocenters. The van der Waals surface area contributed by atoms with Crippen LogP contribution in [0.4, 0.5) is 4.39 Å². The Morgan fingerprint density at radius 3 is 2.88 bits per heavy atom. The summed E-state index contributed by atoms with van der Waals surface area (Å²) in [6, 6.07) is 3.76. The summed E-state index contributed by atoms with van der Waals surface area (Å²) < 4.78 is 12.9. The molecule has 0 aliphatic heterocycles. The number of likely N-dealkylation sites (N-methyl/N-ethyl adjacent to an activating group) is 2. The van der Waals surface area contributed by atoms with Crippen molar-refractivity contribution in [2.24, 2.45) is 0 Å². The van der Waals surface area contributed by atoms with Crippen molar-refractivity contribution >= 4 is 5.91 Å². The fourth-order valence-electron chi connectivity index (χ4n) is 1.35. The van der Waals surface area contributed by atoms with Gasteiger partial charge < -0.3 is 10.4 Å². The van der Waals surface area contributed by atoms with E-state index in [4.69, 9.17) is 0 Å². The molecule has 16 heavy (non-hydrogen) atoms. The van der Waals surface area contributed by atoms with Crippen molar-refractivity contribution < 1.29 is 14.3 Å². The lowest BCUT2D eigenvalue weighted by Gasteiger charge is -2.16. The van der Waals surface area contributed by atoms with Gasteiger partial charge in [0.2, 0.25) is 5.91 Å². The Labute approximate surface area is 93.7 Å². The van der Waals surface area contributed by atoms with E-state index in [0.717, 1.165) is 0 Å². The van der Waals surface area contributed by atoms with Gasteiger partial charge in [0.25, 0.3) is 0 Å². The Balaban J connectivity index is 2.65. The van der Waals surface area contributed by atoms with Crippen LogP contribution >= 0.6 is 0 Å². The minimum Gasteiger partial charge on any atom is -0.508 e. The molecule has 88 valence electrons. The number of aromatic hydroxyl groups is 1. The Bertz CT molecular complexity index is 382. The van der Waals surface area contributed by atoms with Crippen molar-refractivity contribution in [1.29, 1.82) is 0 Å². The average molecular weight is 226 g/mol. The molecule has 1 aromatic rings. The fourth-order valence-corrected chi connectivity index (χ4v) is 1.35. The molecule has 0 aliphatic rings. The van der Waals surface area contributed by atoms with E-state index >= 15 is 0 Å². The first kappa shape index (κ1) is 12.4. The minimum absolute atomic E-state index is 0.0326. The Kier molecular flexibility index (Phi) is 4.25. The zero-order chi connectivity index (χ0) is 12.1. The molecular weight excluding hydrogens is 211 g/mol. The number of amides is 1. The molecule has 2 N–H and O–H groups in total. The average Bonchev–Trinajstić information content (AvgIpc) is 2.23. The minimum atomic E-state index is -0.402. The molecular formula is C11H15FN2O2. The van der Waals surface area contributed by atoms with E-state index in [2.05, 4.69) is 5.32 Å². The second kappa shape index (κ2) is 5.46. The van der Waals surface area contributed by atoms with E-state index in [0.29, 0.717) is 12.1 Å².